The van der Waals surface area contributed by atoms with E-state index in [9.17, 15) is 0 Å². The van der Waals surface area contributed by atoms with Crippen LogP contribution in [0.2, 0.25) is 13.1 Å². The Morgan fingerprint density at radius 2 is 1.00 bits per heavy atom. The van der Waals surface area contributed by atoms with E-state index in [0.717, 1.165) is 0 Å². The number of anilines is 2. The van der Waals surface area contributed by atoms with Crippen molar-refractivity contribution in [1.29, 1.82) is 0 Å². The number of para-hydroxylation sites is 2. The standard InChI is InChI=1S/C29H28BNSi/c1-29(2)21-13-5-9-17-25(21)31(26-18-10-6-14-22(26)29)30-23-15-7-11-19-27(23)32(3,4)28-20-12-8-16-24(28)30/h5-20H,1-4H3. The van der Waals surface area contributed by atoms with Gasteiger partial charge in [0.05, 0.1) is 0 Å². The maximum Gasteiger partial charge on any atom is 0.327 e. The van der Waals surface area contributed by atoms with Gasteiger partial charge in [-0.3, -0.25) is 0 Å². The summed E-state index contributed by atoms with van der Waals surface area (Å²) in [7, 11) is -1.78. The maximum atomic E-state index is 2.62. The Balaban J connectivity index is 1.71. The van der Waals surface area contributed by atoms with Crippen LogP contribution in [0.5, 0.6) is 0 Å². The van der Waals surface area contributed by atoms with Crippen LogP contribution >= 0.6 is 0 Å². The third-order valence-electron chi connectivity index (χ3n) is 7.79. The molecule has 2 aliphatic heterocycles. The van der Waals surface area contributed by atoms with Crippen molar-refractivity contribution in [3.05, 3.63) is 108 Å². The first-order valence-electron chi connectivity index (χ1n) is 11.6. The molecule has 0 atom stereocenters. The zero-order valence-electron chi connectivity index (χ0n) is 19.3. The van der Waals surface area contributed by atoms with Gasteiger partial charge in [0, 0.05) is 16.8 Å². The third-order valence-corrected chi connectivity index (χ3v) is 11.4. The number of hydrogen-bond acceptors (Lipinski definition) is 1. The summed E-state index contributed by atoms with van der Waals surface area (Å²) in [6.07, 6.45) is 0. The van der Waals surface area contributed by atoms with E-state index in [2.05, 4.69) is 129 Å². The van der Waals surface area contributed by atoms with Gasteiger partial charge in [0.1, 0.15) is 8.07 Å². The molecule has 0 unspecified atom stereocenters. The number of hydrogen-bond donors (Lipinski definition) is 0. The summed E-state index contributed by atoms with van der Waals surface area (Å²) in [4.78, 5) is 2.62. The third kappa shape index (κ3) is 2.52. The van der Waals surface area contributed by atoms with Crippen LogP contribution in [0.15, 0.2) is 97.1 Å². The minimum Gasteiger partial charge on any atom is -0.376 e. The summed E-state index contributed by atoms with van der Waals surface area (Å²) in [5.74, 6) is 0. The van der Waals surface area contributed by atoms with Crippen molar-refractivity contribution >= 4 is 47.6 Å². The van der Waals surface area contributed by atoms with Gasteiger partial charge < -0.3 is 4.81 Å². The Kier molecular flexibility index (Phi) is 4.13. The van der Waals surface area contributed by atoms with Crippen molar-refractivity contribution in [2.45, 2.75) is 32.4 Å². The molecule has 156 valence electrons. The van der Waals surface area contributed by atoms with Gasteiger partial charge in [0.25, 0.3) is 0 Å². The Morgan fingerprint density at radius 1 is 0.594 bits per heavy atom. The summed E-state index contributed by atoms with van der Waals surface area (Å²) in [5.41, 5.74) is 8.34. The van der Waals surface area contributed by atoms with Crippen LogP contribution in [-0.4, -0.2) is 14.9 Å². The summed E-state index contributed by atoms with van der Waals surface area (Å²) in [6, 6.07) is 36.4. The number of nitrogens with zero attached hydrogens (tertiary/aromatic N) is 1. The van der Waals surface area contributed by atoms with Crippen LogP contribution in [-0.2, 0) is 5.41 Å². The monoisotopic (exact) mass is 429 g/mol. The first-order chi connectivity index (χ1) is 15.4. The molecule has 0 amide bonds. The smallest absolute Gasteiger partial charge is 0.327 e. The molecular weight excluding hydrogens is 401 g/mol. The van der Waals surface area contributed by atoms with Gasteiger partial charge in [0.2, 0.25) is 0 Å². The fraction of sp³-hybridized carbons (Fsp3) is 0.172. The lowest BCUT2D eigenvalue weighted by molar-refractivity contribution is 0.634. The molecule has 0 N–H and O–H groups in total. The molecule has 6 rings (SSSR count). The van der Waals surface area contributed by atoms with E-state index < -0.39 is 8.07 Å². The fourth-order valence-electron chi connectivity index (χ4n) is 6.18. The van der Waals surface area contributed by atoms with Crippen LogP contribution in [0.3, 0.4) is 0 Å². The van der Waals surface area contributed by atoms with Crippen LogP contribution in [0.4, 0.5) is 11.4 Å². The molecule has 3 heteroatoms. The molecule has 2 aliphatic rings. The molecule has 0 aromatic heterocycles. The van der Waals surface area contributed by atoms with E-state index in [0.29, 0.717) is 0 Å². The molecule has 0 saturated carbocycles. The van der Waals surface area contributed by atoms with Gasteiger partial charge in [-0.1, -0.05) is 133 Å². The summed E-state index contributed by atoms with van der Waals surface area (Å²) in [6.45, 7) is 9.90. The molecular formula is C29H28BNSi. The predicted molar refractivity (Wildman–Crippen MR) is 142 cm³/mol. The second-order valence-electron chi connectivity index (χ2n) is 10.2. The van der Waals surface area contributed by atoms with Crippen molar-refractivity contribution in [2.24, 2.45) is 0 Å². The van der Waals surface area contributed by atoms with Gasteiger partial charge in [0.15, 0.2) is 0 Å². The minimum absolute atomic E-state index is 0.0363. The second-order valence-corrected chi connectivity index (χ2v) is 14.6. The van der Waals surface area contributed by atoms with Gasteiger partial charge >= 0.3 is 6.85 Å². The van der Waals surface area contributed by atoms with E-state index in [1.807, 2.05) is 0 Å². The molecule has 32 heavy (non-hydrogen) atoms. The normalized spacial score (nSPS) is 17.1. The molecule has 0 aliphatic carbocycles. The Hall–Kier alpha value is -3.04. The first-order valence-corrected chi connectivity index (χ1v) is 14.6. The Bertz CT molecular complexity index is 1150. The van der Waals surface area contributed by atoms with Crippen molar-refractivity contribution in [3.8, 4) is 0 Å². The van der Waals surface area contributed by atoms with Crippen LogP contribution in [0.1, 0.15) is 25.0 Å². The topological polar surface area (TPSA) is 3.24 Å². The molecule has 0 radical (unpaired) electrons. The highest BCUT2D eigenvalue weighted by Crippen LogP contribution is 2.49. The zero-order chi connectivity index (χ0) is 22.1. The largest absolute Gasteiger partial charge is 0.376 e. The molecule has 0 spiro atoms. The van der Waals surface area contributed by atoms with Crippen molar-refractivity contribution in [1.82, 2.24) is 0 Å². The van der Waals surface area contributed by atoms with Crippen molar-refractivity contribution < 1.29 is 0 Å². The molecule has 0 saturated heterocycles. The molecule has 0 fully saturated rings. The highest BCUT2D eigenvalue weighted by molar-refractivity contribution is 7.11. The number of benzene rings is 4. The predicted octanol–water partition coefficient (Wildman–Crippen LogP) is 4.41. The molecule has 4 aromatic rings. The van der Waals surface area contributed by atoms with Gasteiger partial charge in [-0.15, -0.1) is 0 Å². The van der Waals surface area contributed by atoms with E-state index in [4.69, 9.17) is 0 Å². The van der Waals surface area contributed by atoms with Crippen LogP contribution in [0, 0.1) is 0 Å². The van der Waals surface area contributed by atoms with Gasteiger partial charge in [-0.2, -0.15) is 0 Å². The SMILES string of the molecule is CC1(C)c2ccccc2N(B2c3ccccc3[Si](C)(C)c3ccccc32)c2ccccc21. The highest BCUT2D eigenvalue weighted by atomic mass is 28.3. The number of fused-ring (bicyclic) bond motifs is 4. The van der Waals surface area contributed by atoms with E-state index in [-0.39, 0.29) is 12.3 Å². The maximum absolute atomic E-state index is 2.62. The lowest BCUT2D eigenvalue weighted by atomic mass is 9.47. The fourth-order valence-corrected chi connectivity index (χ4v) is 9.38. The molecule has 0 bridgehead atoms. The van der Waals surface area contributed by atoms with E-state index in [1.165, 1.54) is 33.4 Å². The summed E-state index contributed by atoms with van der Waals surface area (Å²) in [5, 5.41) is 3.12. The highest BCUT2D eigenvalue weighted by Gasteiger charge is 2.47. The average Bonchev–Trinajstić information content (AvgIpc) is 2.81. The summed E-state index contributed by atoms with van der Waals surface area (Å²) >= 11 is 0. The second kappa shape index (κ2) is 6.73. The quantitative estimate of drug-likeness (QED) is 0.406. The van der Waals surface area contributed by atoms with E-state index >= 15 is 0 Å². The molecule has 4 aromatic carbocycles. The van der Waals surface area contributed by atoms with E-state index in [1.54, 1.807) is 10.4 Å². The summed E-state index contributed by atoms with van der Waals surface area (Å²) < 4.78 is 0. The van der Waals surface area contributed by atoms with Crippen molar-refractivity contribution in [3.63, 3.8) is 0 Å². The minimum atomic E-state index is -1.78. The number of rotatable bonds is 1. The first kappa shape index (κ1) is 19.6. The van der Waals surface area contributed by atoms with Crippen LogP contribution in [0.25, 0.3) is 0 Å². The Labute approximate surface area is 192 Å². The van der Waals surface area contributed by atoms with Gasteiger partial charge in [-0.05, 0) is 23.3 Å². The molecule has 2 heterocycles. The van der Waals surface area contributed by atoms with Gasteiger partial charge in [-0.25, -0.2) is 0 Å². The average molecular weight is 429 g/mol. The van der Waals surface area contributed by atoms with Crippen LogP contribution < -0.4 is 26.1 Å². The molecule has 1 nitrogen and oxygen atoms in total. The zero-order valence-corrected chi connectivity index (χ0v) is 20.3. The lowest BCUT2D eigenvalue weighted by Gasteiger charge is -2.47. The Morgan fingerprint density at radius 3 is 1.50 bits per heavy atom. The van der Waals surface area contributed by atoms with Crippen molar-refractivity contribution in [2.75, 3.05) is 4.81 Å². The lowest BCUT2D eigenvalue weighted by Crippen LogP contribution is -2.77.